The zero-order chi connectivity index (χ0) is 23.5. The van der Waals surface area contributed by atoms with Crippen molar-refractivity contribution in [3.8, 4) is 11.5 Å². The van der Waals surface area contributed by atoms with Crippen molar-refractivity contribution in [3.05, 3.63) is 58.6 Å². The summed E-state index contributed by atoms with van der Waals surface area (Å²) in [5.74, 6) is 0.620. The van der Waals surface area contributed by atoms with E-state index < -0.39 is 11.9 Å². The molecule has 0 aliphatic rings. The van der Waals surface area contributed by atoms with E-state index in [1.54, 1.807) is 24.3 Å². The predicted molar refractivity (Wildman–Crippen MR) is 126 cm³/mol. The Morgan fingerprint density at radius 3 is 2.56 bits per heavy atom. The molecule has 2 aromatic rings. The Kier molecular flexibility index (Phi) is 10.0. The van der Waals surface area contributed by atoms with E-state index >= 15 is 0 Å². The van der Waals surface area contributed by atoms with Crippen LogP contribution >= 0.6 is 11.6 Å². The SMILES string of the molecule is CCOc1ccc(Cl)cc1/C=N\NC(=O)[C@H](CC(C)C)NC(=O)COc1ccccc1C. The number of ether oxygens (including phenoxy) is 2. The van der Waals surface area contributed by atoms with Crippen LogP contribution in [0.5, 0.6) is 11.5 Å². The first-order chi connectivity index (χ1) is 15.3. The van der Waals surface area contributed by atoms with Gasteiger partial charge < -0.3 is 14.8 Å². The van der Waals surface area contributed by atoms with E-state index in [1.165, 1.54) is 6.21 Å². The molecule has 2 aromatic carbocycles. The van der Waals surface area contributed by atoms with Gasteiger partial charge in [-0.3, -0.25) is 9.59 Å². The van der Waals surface area contributed by atoms with E-state index in [4.69, 9.17) is 21.1 Å². The molecule has 1 atom stereocenters. The second-order valence-corrected chi connectivity index (χ2v) is 8.09. The average Bonchev–Trinajstić information content (AvgIpc) is 2.74. The predicted octanol–water partition coefficient (Wildman–Crippen LogP) is 4.11. The Hall–Kier alpha value is -3.06. The van der Waals surface area contributed by atoms with E-state index in [-0.39, 0.29) is 18.4 Å². The second-order valence-electron chi connectivity index (χ2n) is 7.65. The van der Waals surface area contributed by atoms with Crippen molar-refractivity contribution in [2.45, 2.75) is 40.2 Å². The molecule has 8 heteroatoms. The van der Waals surface area contributed by atoms with Gasteiger partial charge in [0.05, 0.1) is 12.8 Å². The number of hydrazone groups is 1. The van der Waals surface area contributed by atoms with Crippen LogP contribution in [0.3, 0.4) is 0 Å². The molecule has 7 nitrogen and oxygen atoms in total. The van der Waals surface area contributed by atoms with Gasteiger partial charge in [0.15, 0.2) is 6.61 Å². The minimum absolute atomic E-state index is 0.184. The van der Waals surface area contributed by atoms with Gasteiger partial charge in [0, 0.05) is 10.6 Å². The molecule has 0 fully saturated rings. The topological polar surface area (TPSA) is 89.0 Å². The van der Waals surface area contributed by atoms with Crippen LogP contribution in [-0.2, 0) is 9.59 Å². The largest absolute Gasteiger partial charge is 0.493 e. The Labute approximate surface area is 194 Å². The summed E-state index contributed by atoms with van der Waals surface area (Å²) in [5, 5.41) is 7.28. The molecule has 0 saturated carbocycles. The smallest absolute Gasteiger partial charge is 0.262 e. The Morgan fingerprint density at radius 1 is 1.12 bits per heavy atom. The number of hydrogen-bond acceptors (Lipinski definition) is 5. The number of halogens is 1. The first-order valence-electron chi connectivity index (χ1n) is 10.5. The zero-order valence-corrected chi connectivity index (χ0v) is 19.6. The van der Waals surface area contributed by atoms with Gasteiger partial charge in [0.1, 0.15) is 17.5 Å². The fourth-order valence-electron chi connectivity index (χ4n) is 2.95. The van der Waals surface area contributed by atoms with E-state index in [0.29, 0.717) is 35.1 Å². The standard InChI is InChI=1S/C24H30ClN3O4/c1-5-31-22-11-10-19(25)13-18(22)14-26-28-24(30)20(12-16(2)3)27-23(29)15-32-21-9-7-6-8-17(21)4/h6-11,13-14,16,20H,5,12,15H2,1-4H3,(H,27,29)(H,28,30)/b26-14-/t20-/m0/s1. The molecular formula is C24H30ClN3O4. The number of rotatable bonds is 11. The van der Waals surface area contributed by atoms with Gasteiger partial charge in [0.2, 0.25) is 0 Å². The van der Waals surface area contributed by atoms with Gasteiger partial charge in [0.25, 0.3) is 11.8 Å². The molecule has 32 heavy (non-hydrogen) atoms. The van der Waals surface area contributed by atoms with Crippen molar-refractivity contribution in [2.75, 3.05) is 13.2 Å². The maximum Gasteiger partial charge on any atom is 0.262 e. The maximum atomic E-state index is 12.7. The monoisotopic (exact) mass is 459 g/mol. The highest BCUT2D eigenvalue weighted by atomic mass is 35.5. The van der Waals surface area contributed by atoms with Crippen molar-refractivity contribution in [2.24, 2.45) is 11.0 Å². The Morgan fingerprint density at radius 2 is 1.88 bits per heavy atom. The van der Waals surface area contributed by atoms with Crippen LogP contribution in [-0.4, -0.2) is 37.3 Å². The third-order valence-electron chi connectivity index (χ3n) is 4.46. The number of carbonyl (C=O) groups excluding carboxylic acids is 2. The van der Waals surface area contributed by atoms with Gasteiger partial charge in [-0.15, -0.1) is 0 Å². The van der Waals surface area contributed by atoms with E-state index in [1.807, 2.05) is 45.9 Å². The van der Waals surface area contributed by atoms with Gasteiger partial charge in [-0.1, -0.05) is 43.6 Å². The number of carbonyl (C=O) groups is 2. The molecule has 0 heterocycles. The summed E-state index contributed by atoms with van der Waals surface area (Å²) in [4.78, 5) is 25.1. The number of hydrogen-bond donors (Lipinski definition) is 2. The lowest BCUT2D eigenvalue weighted by Gasteiger charge is -2.19. The van der Waals surface area contributed by atoms with E-state index in [9.17, 15) is 9.59 Å². The number of benzene rings is 2. The van der Waals surface area contributed by atoms with Crippen LogP contribution < -0.4 is 20.2 Å². The lowest BCUT2D eigenvalue weighted by molar-refractivity contribution is -0.130. The van der Waals surface area contributed by atoms with Gasteiger partial charge >= 0.3 is 0 Å². The van der Waals surface area contributed by atoms with Crippen LogP contribution in [0.1, 0.15) is 38.3 Å². The lowest BCUT2D eigenvalue weighted by atomic mass is 10.0. The quantitative estimate of drug-likeness (QED) is 0.391. The molecule has 2 amide bonds. The van der Waals surface area contributed by atoms with Crippen molar-refractivity contribution in [3.63, 3.8) is 0 Å². The van der Waals surface area contributed by atoms with Crippen LogP contribution in [0.25, 0.3) is 0 Å². The highest BCUT2D eigenvalue weighted by Gasteiger charge is 2.22. The third kappa shape index (κ3) is 8.23. The first kappa shape index (κ1) is 25.2. The molecule has 0 aliphatic heterocycles. The second kappa shape index (κ2) is 12.7. The van der Waals surface area contributed by atoms with E-state index in [2.05, 4.69) is 15.8 Å². The molecule has 0 saturated heterocycles. The van der Waals surface area contributed by atoms with Crippen LogP contribution in [0, 0.1) is 12.8 Å². The molecule has 0 unspecified atom stereocenters. The molecule has 0 aromatic heterocycles. The molecule has 0 aliphatic carbocycles. The summed E-state index contributed by atoms with van der Waals surface area (Å²) < 4.78 is 11.1. The molecule has 0 radical (unpaired) electrons. The zero-order valence-electron chi connectivity index (χ0n) is 18.9. The lowest BCUT2D eigenvalue weighted by Crippen LogP contribution is -2.47. The van der Waals surface area contributed by atoms with Crippen molar-refractivity contribution >= 4 is 29.6 Å². The molecule has 2 N–H and O–H groups in total. The molecular weight excluding hydrogens is 430 g/mol. The highest BCUT2D eigenvalue weighted by Crippen LogP contribution is 2.21. The normalized spacial score (nSPS) is 11.9. The first-order valence-corrected chi connectivity index (χ1v) is 10.9. The third-order valence-corrected chi connectivity index (χ3v) is 4.70. The van der Waals surface area contributed by atoms with Crippen LogP contribution in [0.4, 0.5) is 0 Å². The summed E-state index contributed by atoms with van der Waals surface area (Å²) in [5.41, 5.74) is 4.05. The van der Waals surface area contributed by atoms with Crippen molar-refractivity contribution < 1.29 is 19.1 Å². The fourth-order valence-corrected chi connectivity index (χ4v) is 3.13. The molecule has 2 rings (SSSR count). The van der Waals surface area contributed by atoms with Crippen LogP contribution in [0.2, 0.25) is 5.02 Å². The maximum absolute atomic E-state index is 12.7. The number of para-hydroxylation sites is 1. The van der Waals surface area contributed by atoms with Crippen molar-refractivity contribution in [1.29, 1.82) is 0 Å². The summed E-state index contributed by atoms with van der Waals surface area (Å²) in [7, 11) is 0. The van der Waals surface area contributed by atoms with Gasteiger partial charge in [-0.2, -0.15) is 5.10 Å². The minimum Gasteiger partial charge on any atom is -0.493 e. The summed E-state index contributed by atoms with van der Waals surface area (Å²) in [6.45, 7) is 8.02. The molecule has 172 valence electrons. The molecule has 0 spiro atoms. The fraction of sp³-hybridized carbons (Fsp3) is 0.375. The summed E-state index contributed by atoms with van der Waals surface area (Å²) in [6.07, 6.45) is 1.92. The number of nitrogens with one attached hydrogen (secondary N) is 2. The number of amides is 2. The molecule has 0 bridgehead atoms. The number of aryl methyl sites for hydroxylation is 1. The average molecular weight is 460 g/mol. The minimum atomic E-state index is -0.745. The van der Waals surface area contributed by atoms with E-state index in [0.717, 1.165) is 5.56 Å². The Balaban J connectivity index is 1.98. The Bertz CT molecular complexity index is 947. The van der Waals surface area contributed by atoms with Gasteiger partial charge in [-0.25, -0.2) is 5.43 Å². The highest BCUT2D eigenvalue weighted by molar-refractivity contribution is 6.30. The van der Waals surface area contributed by atoms with Crippen molar-refractivity contribution in [1.82, 2.24) is 10.7 Å². The van der Waals surface area contributed by atoms with Crippen LogP contribution in [0.15, 0.2) is 47.6 Å². The summed E-state index contributed by atoms with van der Waals surface area (Å²) >= 11 is 6.04. The summed E-state index contributed by atoms with van der Waals surface area (Å²) in [6, 6.07) is 11.8. The van der Waals surface area contributed by atoms with Gasteiger partial charge in [-0.05, 0) is 56.0 Å². The number of nitrogens with zero attached hydrogens (tertiary/aromatic N) is 1.